The Morgan fingerprint density at radius 3 is 2.48 bits per heavy atom. The molecule has 21 heavy (non-hydrogen) atoms. The molecule has 5 heteroatoms. The Kier molecular flexibility index (Phi) is 3.17. The first-order chi connectivity index (χ1) is 10.2. The fourth-order valence-electron chi connectivity index (χ4n) is 2.40. The van der Waals surface area contributed by atoms with E-state index < -0.39 is 0 Å². The Labute approximate surface area is 122 Å². The molecule has 0 N–H and O–H groups in total. The Morgan fingerprint density at radius 1 is 1.05 bits per heavy atom. The van der Waals surface area contributed by atoms with Crippen molar-refractivity contribution >= 4 is 17.7 Å². The molecule has 0 unspecified atom stereocenters. The van der Waals surface area contributed by atoms with Gasteiger partial charge >= 0.3 is 0 Å². The van der Waals surface area contributed by atoms with E-state index in [1.54, 1.807) is 19.2 Å². The zero-order valence-electron chi connectivity index (χ0n) is 12.0. The van der Waals surface area contributed by atoms with Crippen LogP contribution in [0.1, 0.15) is 10.4 Å². The van der Waals surface area contributed by atoms with Gasteiger partial charge in [-0.15, -0.1) is 0 Å². The molecule has 2 aromatic carbocycles. The molecule has 0 saturated heterocycles. The van der Waals surface area contributed by atoms with Crippen LogP contribution in [0.4, 0.5) is 11.4 Å². The van der Waals surface area contributed by atoms with Gasteiger partial charge in [0.2, 0.25) is 0 Å². The van der Waals surface area contributed by atoms with Crippen LogP contribution in [-0.2, 0) is 0 Å². The third-order valence-corrected chi connectivity index (χ3v) is 3.55. The molecule has 1 aliphatic rings. The van der Waals surface area contributed by atoms with E-state index in [2.05, 4.69) is 0 Å². The van der Waals surface area contributed by atoms with Gasteiger partial charge in [-0.25, -0.2) is 0 Å². The first-order valence-corrected chi connectivity index (χ1v) is 6.44. The van der Waals surface area contributed by atoms with Crippen molar-refractivity contribution in [3.63, 3.8) is 0 Å². The minimum atomic E-state index is 0.460. The van der Waals surface area contributed by atoms with Crippen LogP contribution in [0.25, 0.3) is 0 Å². The van der Waals surface area contributed by atoms with Crippen molar-refractivity contribution in [1.29, 1.82) is 0 Å². The van der Waals surface area contributed by atoms with Crippen molar-refractivity contribution in [3.05, 3.63) is 35.9 Å². The predicted octanol–water partition coefficient (Wildman–Crippen LogP) is 3.39. The van der Waals surface area contributed by atoms with E-state index in [1.165, 1.54) is 7.11 Å². The first kappa shape index (κ1) is 13.3. The van der Waals surface area contributed by atoms with Gasteiger partial charge < -0.3 is 19.1 Å². The van der Waals surface area contributed by atoms with E-state index in [9.17, 15) is 4.79 Å². The molecular weight excluding hydrogens is 270 g/mol. The molecule has 108 valence electrons. The first-order valence-electron chi connectivity index (χ1n) is 6.44. The lowest BCUT2D eigenvalue weighted by Crippen LogP contribution is -2.16. The fourth-order valence-corrected chi connectivity index (χ4v) is 2.40. The van der Waals surface area contributed by atoms with Crippen molar-refractivity contribution in [2.24, 2.45) is 0 Å². The van der Waals surface area contributed by atoms with E-state index in [0.717, 1.165) is 23.4 Å². The summed E-state index contributed by atoms with van der Waals surface area (Å²) in [5.41, 5.74) is 2.18. The van der Waals surface area contributed by atoms with Crippen molar-refractivity contribution in [1.82, 2.24) is 0 Å². The maximum absolute atomic E-state index is 11.1. The summed E-state index contributed by atoms with van der Waals surface area (Å²) in [6.07, 6.45) is 0.756. The van der Waals surface area contributed by atoms with E-state index in [4.69, 9.17) is 14.2 Å². The third kappa shape index (κ3) is 2.07. The van der Waals surface area contributed by atoms with Gasteiger partial charge in [0.05, 0.1) is 31.2 Å². The van der Waals surface area contributed by atoms with Crippen LogP contribution in [-0.4, -0.2) is 27.6 Å². The number of fused-ring (bicyclic) bond motifs is 2. The van der Waals surface area contributed by atoms with Crippen molar-refractivity contribution in [2.45, 2.75) is 0 Å². The number of hydrogen-bond donors (Lipinski definition) is 0. The van der Waals surface area contributed by atoms with Gasteiger partial charge in [-0.1, -0.05) is 0 Å². The number of carbonyl (C=O) groups is 1. The lowest BCUT2D eigenvalue weighted by molar-refractivity contribution is 0.112. The Balaban J connectivity index is 2.13. The average molecular weight is 285 g/mol. The van der Waals surface area contributed by atoms with Gasteiger partial charge in [-0.05, 0) is 18.2 Å². The summed E-state index contributed by atoms with van der Waals surface area (Å²) < 4.78 is 16.4. The quantitative estimate of drug-likeness (QED) is 0.809. The number of hydrogen-bond acceptors (Lipinski definition) is 5. The fraction of sp³-hybridized carbons (Fsp3) is 0.188. The second kappa shape index (κ2) is 5.01. The summed E-state index contributed by atoms with van der Waals surface area (Å²) in [7, 11) is 5.09. The van der Waals surface area contributed by atoms with E-state index >= 15 is 0 Å². The van der Waals surface area contributed by atoms with Crippen LogP contribution < -0.4 is 19.1 Å². The van der Waals surface area contributed by atoms with E-state index in [-0.39, 0.29) is 0 Å². The lowest BCUT2D eigenvalue weighted by atomic mass is 10.1. The smallest absolute Gasteiger partial charge is 0.153 e. The predicted molar refractivity (Wildman–Crippen MR) is 79.5 cm³/mol. The number of rotatable bonds is 3. The number of carbonyl (C=O) groups excluding carboxylic acids is 1. The molecule has 0 atom stereocenters. The van der Waals surface area contributed by atoms with Crippen molar-refractivity contribution in [3.8, 4) is 23.0 Å². The van der Waals surface area contributed by atoms with Crippen molar-refractivity contribution < 1.29 is 19.0 Å². The maximum atomic E-state index is 11.1. The van der Waals surface area contributed by atoms with Crippen LogP contribution >= 0.6 is 0 Å². The Morgan fingerprint density at radius 2 is 1.81 bits per heavy atom. The Bertz CT molecular complexity index is 712. The molecular formula is C16H15NO4. The van der Waals surface area contributed by atoms with Gasteiger partial charge in [-0.3, -0.25) is 4.79 Å². The highest BCUT2D eigenvalue weighted by Crippen LogP contribution is 2.48. The molecule has 0 aliphatic carbocycles. The standard InChI is InChI=1S/C16H15NO4/c1-17-12-7-11(19-2)4-5-14(12)21-16-6-10(9-18)15(20-3)8-13(16)17/h4-9H,1-3H3. The summed E-state index contributed by atoms with van der Waals surface area (Å²) in [5.74, 6) is 2.61. The summed E-state index contributed by atoms with van der Waals surface area (Å²) >= 11 is 0. The Hall–Kier alpha value is -2.69. The molecule has 0 saturated carbocycles. The maximum Gasteiger partial charge on any atom is 0.153 e. The van der Waals surface area contributed by atoms with Crippen molar-refractivity contribution in [2.75, 3.05) is 26.2 Å². The number of methoxy groups -OCH3 is 2. The number of nitrogens with zero attached hydrogens (tertiary/aromatic N) is 1. The molecule has 1 aliphatic heterocycles. The minimum absolute atomic E-state index is 0.460. The molecule has 0 bridgehead atoms. The molecule has 2 aromatic rings. The minimum Gasteiger partial charge on any atom is -0.497 e. The second-order valence-electron chi connectivity index (χ2n) is 4.67. The highest BCUT2D eigenvalue weighted by molar-refractivity contribution is 5.86. The van der Waals surface area contributed by atoms with Gasteiger partial charge in [0.25, 0.3) is 0 Å². The monoisotopic (exact) mass is 285 g/mol. The molecule has 1 heterocycles. The zero-order valence-corrected chi connectivity index (χ0v) is 12.0. The van der Waals surface area contributed by atoms with Gasteiger partial charge in [0, 0.05) is 19.2 Å². The molecule has 0 spiro atoms. The van der Waals surface area contributed by atoms with Crippen LogP contribution in [0.3, 0.4) is 0 Å². The molecule has 0 amide bonds. The molecule has 0 radical (unpaired) electrons. The molecule has 3 rings (SSSR count). The normalized spacial score (nSPS) is 12.0. The largest absolute Gasteiger partial charge is 0.497 e. The number of anilines is 2. The summed E-state index contributed by atoms with van der Waals surface area (Å²) in [5, 5.41) is 0. The van der Waals surface area contributed by atoms with Crippen LogP contribution in [0, 0.1) is 0 Å². The number of benzene rings is 2. The highest BCUT2D eigenvalue weighted by Gasteiger charge is 2.24. The van der Waals surface area contributed by atoms with Gasteiger partial charge in [0.1, 0.15) is 11.5 Å². The topological polar surface area (TPSA) is 48.0 Å². The van der Waals surface area contributed by atoms with Crippen LogP contribution in [0.15, 0.2) is 30.3 Å². The number of aldehydes is 1. The summed E-state index contributed by atoms with van der Waals surface area (Å²) in [4.78, 5) is 13.1. The van der Waals surface area contributed by atoms with Crippen LogP contribution in [0.2, 0.25) is 0 Å². The van der Waals surface area contributed by atoms with E-state index in [1.807, 2.05) is 30.1 Å². The third-order valence-electron chi connectivity index (χ3n) is 3.55. The second-order valence-corrected chi connectivity index (χ2v) is 4.67. The van der Waals surface area contributed by atoms with E-state index in [0.29, 0.717) is 22.8 Å². The van der Waals surface area contributed by atoms with Crippen LogP contribution in [0.5, 0.6) is 23.0 Å². The SMILES string of the molecule is COc1ccc2c(c1)N(C)c1cc(OC)c(C=O)cc1O2. The van der Waals surface area contributed by atoms with Gasteiger partial charge in [0.15, 0.2) is 17.8 Å². The zero-order chi connectivity index (χ0) is 15.0. The average Bonchev–Trinajstić information content (AvgIpc) is 2.53. The molecule has 5 nitrogen and oxygen atoms in total. The summed E-state index contributed by atoms with van der Waals surface area (Å²) in [6, 6.07) is 9.06. The van der Waals surface area contributed by atoms with Gasteiger partial charge in [-0.2, -0.15) is 0 Å². The highest BCUT2D eigenvalue weighted by atomic mass is 16.5. The molecule has 0 fully saturated rings. The molecule has 0 aromatic heterocycles. The number of ether oxygens (including phenoxy) is 3. The lowest BCUT2D eigenvalue weighted by Gasteiger charge is -2.30. The summed E-state index contributed by atoms with van der Waals surface area (Å²) in [6.45, 7) is 0.